The van der Waals surface area contributed by atoms with E-state index in [1.165, 1.54) is 11.3 Å². The number of allylic oxidation sites excluding steroid dienone is 1. The summed E-state index contributed by atoms with van der Waals surface area (Å²) in [5.41, 5.74) is 2.66. The smallest absolute Gasteiger partial charge is 0.260 e. The maximum Gasteiger partial charge on any atom is 0.260 e. The summed E-state index contributed by atoms with van der Waals surface area (Å²) in [4.78, 5) is 21.4. The quantitative estimate of drug-likeness (QED) is 0.553. The number of fused-ring (bicyclic) bond motifs is 1. The van der Waals surface area contributed by atoms with Gasteiger partial charge < -0.3 is 4.98 Å². The molecule has 0 amide bonds. The molecule has 1 aromatic carbocycles. The molecular weight excluding hydrogens is 358 g/mol. The van der Waals surface area contributed by atoms with E-state index in [2.05, 4.69) is 21.1 Å². The van der Waals surface area contributed by atoms with Crippen LogP contribution in [0.2, 0.25) is 0 Å². The molecule has 0 unspecified atom stereocenters. The van der Waals surface area contributed by atoms with Crippen LogP contribution >= 0.6 is 11.3 Å². The van der Waals surface area contributed by atoms with Gasteiger partial charge in [-0.05, 0) is 37.6 Å². The van der Waals surface area contributed by atoms with Gasteiger partial charge in [-0.1, -0.05) is 18.2 Å². The van der Waals surface area contributed by atoms with E-state index in [0.29, 0.717) is 10.2 Å². The van der Waals surface area contributed by atoms with E-state index in [1.807, 2.05) is 50.4 Å². The van der Waals surface area contributed by atoms with Crippen molar-refractivity contribution in [2.45, 2.75) is 13.8 Å². The highest BCUT2D eigenvalue weighted by atomic mass is 32.1. The van der Waals surface area contributed by atoms with Crippen molar-refractivity contribution in [1.82, 2.24) is 19.7 Å². The SMILES string of the molecule is Cc1sc2nc(/C(C#N)=C/c3cnn(-c4ccccc4)c3)[nH]c(=O)c2c1C. The van der Waals surface area contributed by atoms with Gasteiger partial charge in [-0.3, -0.25) is 4.79 Å². The lowest BCUT2D eigenvalue weighted by atomic mass is 10.2. The summed E-state index contributed by atoms with van der Waals surface area (Å²) in [6, 6.07) is 11.8. The molecular formula is C20H15N5OS. The molecule has 3 heterocycles. The Balaban J connectivity index is 1.77. The Morgan fingerprint density at radius 1 is 1.30 bits per heavy atom. The summed E-state index contributed by atoms with van der Waals surface area (Å²) in [7, 11) is 0. The third kappa shape index (κ3) is 3.07. The summed E-state index contributed by atoms with van der Waals surface area (Å²) in [5, 5.41) is 14.5. The topological polar surface area (TPSA) is 87.4 Å². The number of nitrogens with one attached hydrogen (secondary N) is 1. The molecule has 0 bridgehead atoms. The van der Waals surface area contributed by atoms with Crippen molar-refractivity contribution in [3.63, 3.8) is 0 Å². The van der Waals surface area contributed by atoms with Crippen LogP contribution in [-0.4, -0.2) is 19.7 Å². The Bertz CT molecular complexity index is 1270. The molecule has 0 spiro atoms. The van der Waals surface area contributed by atoms with Crippen LogP contribution < -0.4 is 5.56 Å². The van der Waals surface area contributed by atoms with Gasteiger partial charge >= 0.3 is 0 Å². The molecule has 0 atom stereocenters. The number of nitriles is 1. The van der Waals surface area contributed by atoms with Gasteiger partial charge in [0.25, 0.3) is 5.56 Å². The second-order valence-corrected chi connectivity index (χ2v) is 7.30. The van der Waals surface area contributed by atoms with Crippen molar-refractivity contribution in [3.8, 4) is 11.8 Å². The minimum Gasteiger partial charge on any atom is -0.305 e. The van der Waals surface area contributed by atoms with Crippen LogP contribution in [-0.2, 0) is 0 Å². The van der Waals surface area contributed by atoms with Crippen LogP contribution in [0.15, 0.2) is 47.5 Å². The minimum absolute atomic E-state index is 0.224. The highest BCUT2D eigenvalue weighted by molar-refractivity contribution is 7.18. The van der Waals surface area contributed by atoms with Crippen LogP contribution in [0.4, 0.5) is 0 Å². The highest BCUT2D eigenvalue weighted by Gasteiger charge is 2.14. The first-order chi connectivity index (χ1) is 13.1. The lowest BCUT2D eigenvalue weighted by molar-refractivity contribution is 0.880. The molecule has 0 fully saturated rings. The Morgan fingerprint density at radius 3 is 2.81 bits per heavy atom. The zero-order valence-electron chi connectivity index (χ0n) is 14.7. The van der Waals surface area contributed by atoms with E-state index in [-0.39, 0.29) is 17.0 Å². The van der Waals surface area contributed by atoms with Crippen LogP contribution in [0.5, 0.6) is 0 Å². The number of nitrogens with zero attached hydrogens (tertiary/aromatic N) is 4. The van der Waals surface area contributed by atoms with Crippen molar-refractivity contribution in [3.05, 3.63) is 74.9 Å². The summed E-state index contributed by atoms with van der Waals surface area (Å²) in [6.45, 7) is 3.86. The third-order valence-corrected chi connectivity index (χ3v) is 5.45. The molecule has 3 aromatic heterocycles. The second-order valence-electron chi connectivity index (χ2n) is 6.10. The first-order valence-electron chi connectivity index (χ1n) is 8.29. The van der Waals surface area contributed by atoms with E-state index in [1.54, 1.807) is 17.0 Å². The lowest BCUT2D eigenvalue weighted by Crippen LogP contribution is -2.10. The fourth-order valence-electron chi connectivity index (χ4n) is 2.84. The molecule has 6 nitrogen and oxygen atoms in total. The fourth-order valence-corrected chi connectivity index (χ4v) is 3.87. The first-order valence-corrected chi connectivity index (χ1v) is 9.11. The Hall–Kier alpha value is -3.50. The number of aryl methyl sites for hydroxylation is 2. The number of hydrogen-bond acceptors (Lipinski definition) is 5. The predicted molar refractivity (Wildman–Crippen MR) is 107 cm³/mol. The number of para-hydroxylation sites is 1. The van der Waals surface area contributed by atoms with E-state index in [9.17, 15) is 10.1 Å². The molecule has 0 saturated carbocycles. The normalized spacial score (nSPS) is 11.7. The Labute approximate surface area is 159 Å². The highest BCUT2D eigenvalue weighted by Crippen LogP contribution is 2.27. The minimum atomic E-state index is -0.224. The third-order valence-electron chi connectivity index (χ3n) is 4.35. The van der Waals surface area contributed by atoms with E-state index in [4.69, 9.17) is 0 Å². The van der Waals surface area contributed by atoms with E-state index in [0.717, 1.165) is 21.7 Å². The number of thiophene rings is 1. The number of aromatic nitrogens is 4. The van der Waals surface area contributed by atoms with Crippen molar-refractivity contribution in [2.24, 2.45) is 0 Å². The number of aromatic amines is 1. The van der Waals surface area contributed by atoms with Gasteiger partial charge in [-0.25, -0.2) is 9.67 Å². The molecule has 0 saturated heterocycles. The molecule has 0 radical (unpaired) electrons. The van der Waals surface area contributed by atoms with Gasteiger partial charge in [0.2, 0.25) is 0 Å². The predicted octanol–water partition coefficient (Wildman–Crippen LogP) is 3.85. The van der Waals surface area contributed by atoms with Gasteiger partial charge in [0.1, 0.15) is 10.9 Å². The average Bonchev–Trinajstić information content (AvgIpc) is 3.25. The van der Waals surface area contributed by atoms with Crippen LogP contribution in [0.3, 0.4) is 0 Å². The molecule has 7 heteroatoms. The molecule has 0 aliphatic rings. The molecule has 4 aromatic rings. The van der Waals surface area contributed by atoms with Crippen molar-refractivity contribution < 1.29 is 0 Å². The van der Waals surface area contributed by atoms with Crippen LogP contribution in [0, 0.1) is 25.2 Å². The van der Waals surface area contributed by atoms with Gasteiger partial charge in [-0.2, -0.15) is 10.4 Å². The molecule has 132 valence electrons. The largest absolute Gasteiger partial charge is 0.305 e. The van der Waals surface area contributed by atoms with Crippen LogP contribution in [0.1, 0.15) is 21.8 Å². The maximum absolute atomic E-state index is 12.5. The van der Waals surface area contributed by atoms with Gasteiger partial charge in [-0.15, -0.1) is 11.3 Å². The summed E-state index contributed by atoms with van der Waals surface area (Å²) < 4.78 is 1.73. The Kier molecular flexibility index (Phi) is 4.18. The van der Waals surface area contributed by atoms with E-state index >= 15 is 0 Å². The molecule has 0 aliphatic carbocycles. The second kappa shape index (κ2) is 6.67. The number of hydrogen-bond donors (Lipinski definition) is 1. The van der Waals surface area contributed by atoms with Crippen molar-refractivity contribution in [1.29, 1.82) is 5.26 Å². The fraction of sp³-hybridized carbons (Fsp3) is 0.100. The number of benzene rings is 1. The zero-order chi connectivity index (χ0) is 19.0. The Morgan fingerprint density at radius 2 is 2.07 bits per heavy atom. The lowest BCUT2D eigenvalue weighted by Gasteiger charge is -2.00. The summed E-state index contributed by atoms with van der Waals surface area (Å²) in [5.74, 6) is 0.267. The number of H-pyrrole nitrogens is 1. The molecule has 1 N–H and O–H groups in total. The molecule has 4 rings (SSSR count). The maximum atomic E-state index is 12.5. The van der Waals surface area contributed by atoms with Crippen molar-refractivity contribution in [2.75, 3.05) is 0 Å². The van der Waals surface area contributed by atoms with Gasteiger partial charge in [0.05, 0.1) is 22.8 Å². The molecule has 0 aliphatic heterocycles. The van der Waals surface area contributed by atoms with Crippen LogP contribution in [0.25, 0.3) is 27.6 Å². The van der Waals surface area contributed by atoms with Gasteiger partial charge in [0, 0.05) is 16.6 Å². The number of rotatable bonds is 3. The zero-order valence-corrected chi connectivity index (χ0v) is 15.5. The van der Waals surface area contributed by atoms with Crippen molar-refractivity contribution >= 4 is 33.2 Å². The van der Waals surface area contributed by atoms with Gasteiger partial charge in [0.15, 0.2) is 5.82 Å². The summed E-state index contributed by atoms with van der Waals surface area (Å²) >= 11 is 1.46. The summed E-state index contributed by atoms with van der Waals surface area (Å²) in [6.07, 6.45) is 5.16. The average molecular weight is 373 g/mol. The monoisotopic (exact) mass is 373 g/mol. The first kappa shape index (κ1) is 16.9. The van der Waals surface area contributed by atoms with E-state index < -0.39 is 0 Å². The standard InChI is InChI=1S/C20H15N5OS/c1-12-13(2)27-20-17(12)19(26)23-18(24-20)15(9-21)8-14-10-22-25(11-14)16-6-4-3-5-7-16/h3-8,10-11H,1-2H3,(H,23,24,26)/b15-8+. The molecule has 27 heavy (non-hydrogen) atoms.